The molecule has 0 aromatic rings. The van der Waals surface area contributed by atoms with Crippen LogP contribution in [-0.2, 0) is 0 Å². The van der Waals surface area contributed by atoms with Gasteiger partial charge in [-0.05, 0) is 19.4 Å². The van der Waals surface area contributed by atoms with Crippen LogP contribution < -0.4 is 5.32 Å². The highest BCUT2D eigenvalue weighted by Crippen LogP contribution is 2.37. The summed E-state index contributed by atoms with van der Waals surface area (Å²) in [5, 5.41) is 3.45. The average molecular weight is 149 g/mol. The largest absolute Gasteiger partial charge is 0.316 e. The molecule has 1 aliphatic heterocycles. The molecule has 1 saturated heterocycles. The maximum Gasteiger partial charge on any atom is 0.00465 e. The summed E-state index contributed by atoms with van der Waals surface area (Å²) in [6.45, 7) is 4.67. The molecular formula is C10H15N. The number of nitrogens with one attached hydrogen (secondary N) is 1. The van der Waals surface area contributed by atoms with E-state index in [2.05, 4.69) is 30.5 Å². The van der Waals surface area contributed by atoms with E-state index in [0.29, 0.717) is 5.41 Å². The molecular weight excluding hydrogens is 134 g/mol. The van der Waals surface area contributed by atoms with Crippen molar-refractivity contribution in [1.82, 2.24) is 5.32 Å². The van der Waals surface area contributed by atoms with Crippen molar-refractivity contribution in [1.29, 1.82) is 0 Å². The highest BCUT2D eigenvalue weighted by molar-refractivity contribution is 5.27. The molecule has 0 saturated carbocycles. The zero-order valence-electron chi connectivity index (χ0n) is 7.06. The van der Waals surface area contributed by atoms with Gasteiger partial charge in [-0.25, -0.2) is 0 Å². The van der Waals surface area contributed by atoms with Crippen LogP contribution in [0.5, 0.6) is 0 Å². The minimum atomic E-state index is 0.438. The molecule has 0 amide bonds. The second kappa shape index (κ2) is 2.49. The molecule has 1 atom stereocenters. The highest BCUT2D eigenvalue weighted by Gasteiger charge is 2.30. The summed E-state index contributed by atoms with van der Waals surface area (Å²) in [6, 6.07) is 0. The summed E-state index contributed by atoms with van der Waals surface area (Å²) in [7, 11) is 0. The molecule has 1 aliphatic carbocycles. The predicted octanol–water partition coefficient (Wildman–Crippen LogP) is 1.87. The normalized spacial score (nSPS) is 36.3. The summed E-state index contributed by atoms with van der Waals surface area (Å²) < 4.78 is 0. The van der Waals surface area contributed by atoms with Crippen LogP contribution in [0, 0.1) is 5.41 Å². The zero-order chi connectivity index (χ0) is 7.73. The average Bonchev–Trinajstić information content (AvgIpc) is 2.03. The Morgan fingerprint density at radius 3 is 3.27 bits per heavy atom. The van der Waals surface area contributed by atoms with Crippen molar-refractivity contribution in [3.63, 3.8) is 0 Å². The fourth-order valence-corrected chi connectivity index (χ4v) is 2.00. The Morgan fingerprint density at radius 2 is 2.45 bits per heavy atom. The first kappa shape index (κ1) is 7.11. The lowest BCUT2D eigenvalue weighted by Gasteiger charge is -2.37. The lowest BCUT2D eigenvalue weighted by molar-refractivity contribution is 0.324. The Hall–Kier alpha value is -0.560. The van der Waals surface area contributed by atoms with Gasteiger partial charge in [-0.15, -0.1) is 0 Å². The molecule has 1 unspecified atom stereocenters. The van der Waals surface area contributed by atoms with Crippen LogP contribution in [0.3, 0.4) is 0 Å². The number of hydrogen-bond acceptors (Lipinski definition) is 1. The highest BCUT2D eigenvalue weighted by atomic mass is 14.9. The quantitative estimate of drug-likeness (QED) is 0.554. The van der Waals surface area contributed by atoms with Crippen LogP contribution in [0.4, 0.5) is 0 Å². The van der Waals surface area contributed by atoms with Crippen molar-refractivity contribution in [2.45, 2.75) is 19.8 Å². The van der Waals surface area contributed by atoms with Crippen molar-refractivity contribution in [3.05, 3.63) is 23.8 Å². The van der Waals surface area contributed by atoms with Crippen molar-refractivity contribution in [2.24, 2.45) is 5.41 Å². The molecule has 0 bridgehead atoms. The fourth-order valence-electron chi connectivity index (χ4n) is 2.00. The molecule has 1 nitrogen and oxygen atoms in total. The van der Waals surface area contributed by atoms with E-state index in [0.717, 1.165) is 13.1 Å². The second-order valence-electron chi connectivity index (χ2n) is 3.81. The molecule has 2 aliphatic rings. The Bertz CT molecular complexity index is 215. The van der Waals surface area contributed by atoms with E-state index in [-0.39, 0.29) is 0 Å². The van der Waals surface area contributed by atoms with Gasteiger partial charge in [-0.3, -0.25) is 0 Å². The van der Waals surface area contributed by atoms with Gasteiger partial charge in [0.25, 0.3) is 0 Å². The molecule has 1 heterocycles. The maximum absolute atomic E-state index is 3.45. The molecule has 0 aromatic carbocycles. The number of fused-ring (bicyclic) bond motifs is 1. The molecule has 1 N–H and O–H groups in total. The van der Waals surface area contributed by atoms with Crippen LogP contribution in [0.15, 0.2) is 23.8 Å². The van der Waals surface area contributed by atoms with Gasteiger partial charge in [-0.1, -0.05) is 30.7 Å². The SMILES string of the molecule is CC12CC=CC=C1CCNC2. The van der Waals surface area contributed by atoms with Gasteiger partial charge in [-0.2, -0.15) is 0 Å². The van der Waals surface area contributed by atoms with Crippen LogP contribution in [0.25, 0.3) is 0 Å². The second-order valence-corrected chi connectivity index (χ2v) is 3.81. The molecule has 1 fully saturated rings. The van der Waals surface area contributed by atoms with Crippen molar-refractivity contribution >= 4 is 0 Å². The van der Waals surface area contributed by atoms with Gasteiger partial charge < -0.3 is 5.32 Å². The van der Waals surface area contributed by atoms with E-state index in [1.54, 1.807) is 5.57 Å². The molecule has 0 radical (unpaired) electrons. The summed E-state index contributed by atoms with van der Waals surface area (Å²) in [6.07, 6.45) is 9.22. The standard InChI is InChI=1S/C10H15N/c1-10-6-3-2-4-9(10)5-7-11-8-10/h2-4,11H,5-8H2,1H3. The Morgan fingerprint density at radius 1 is 1.55 bits per heavy atom. The minimum absolute atomic E-state index is 0.438. The Kier molecular flexibility index (Phi) is 1.61. The molecule has 0 spiro atoms. The van der Waals surface area contributed by atoms with Gasteiger partial charge in [0.05, 0.1) is 0 Å². The molecule has 60 valence electrons. The number of rotatable bonds is 0. The van der Waals surface area contributed by atoms with Crippen LogP contribution in [-0.4, -0.2) is 13.1 Å². The van der Waals surface area contributed by atoms with Gasteiger partial charge >= 0.3 is 0 Å². The van der Waals surface area contributed by atoms with E-state index in [9.17, 15) is 0 Å². The number of allylic oxidation sites excluding steroid dienone is 3. The maximum atomic E-state index is 3.45. The summed E-state index contributed by atoms with van der Waals surface area (Å²) in [4.78, 5) is 0. The van der Waals surface area contributed by atoms with Crippen molar-refractivity contribution < 1.29 is 0 Å². The van der Waals surface area contributed by atoms with Gasteiger partial charge in [0, 0.05) is 12.0 Å². The third-order valence-corrected chi connectivity index (χ3v) is 2.86. The van der Waals surface area contributed by atoms with Crippen molar-refractivity contribution in [3.8, 4) is 0 Å². The van der Waals surface area contributed by atoms with E-state index in [4.69, 9.17) is 0 Å². The first-order valence-corrected chi connectivity index (χ1v) is 4.38. The lowest BCUT2D eigenvalue weighted by atomic mass is 9.73. The monoisotopic (exact) mass is 149 g/mol. The van der Waals surface area contributed by atoms with E-state index < -0.39 is 0 Å². The van der Waals surface area contributed by atoms with E-state index >= 15 is 0 Å². The Labute approximate surface area is 68.2 Å². The van der Waals surface area contributed by atoms with Gasteiger partial charge in [0.1, 0.15) is 0 Å². The van der Waals surface area contributed by atoms with Crippen LogP contribution >= 0.6 is 0 Å². The first-order chi connectivity index (χ1) is 5.31. The minimum Gasteiger partial charge on any atom is -0.316 e. The number of piperidine rings is 1. The topological polar surface area (TPSA) is 12.0 Å². The first-order valence-electron chi connectivity index (χ1n) is 4.38. The molecule has 0 aromatic heterocycles. The summed E-state index contributed by atoms with van der Waals surface area (Å²) in [5.74, 6) is 0. The number of hydrogen-bond donors (Lipinski definition) is 1. The van der Waals surface area contributed by atoms with Crippen LogP contribution in [0.1, 0.15) is 19.8 Å². The van der Waals surface area contributed by atoms with Crippen LogP contribution in [0.2, 0.25) is 0 Å². The zero-order valence-corrected chi connectivity index (χ0v) is 7.06. The fraction of sp³-hybridized carbons (Fsp3) is 0.600. The molecule has 1 heteroatoms. The lowest BCUT2D eigenvalue weighted by Crippen LogP contribution is -2.40. The van der Waals surface area contributed by atoms with E-state index in [1.165, 1.54) is 12.8 Å². The predicted molar refractivity (Wildman–Crippen MR) is 47.4 cm³/mol. The Balaban J connectivity index is 2.26. The summed E-state index contributed by atoms with van der Waals surface area (Å²) in [5.41, 5.74) is 2.08. The van der Waals surface area contributed by atoms with E-state index in [1.807, 2.05) is 0 Å². The molecule has 11 heavy (non-hydrogen) atoms. The van der Waals surface area contributed by atoms with Gasteiger partial charge in [0.2, 0.25) is 0 Å². The third kappa shape index (κ3) is 1.14. The third-order valence-electron chi connectivity index (χ3n) is 2.86. The smallest absolute Gasteiger partial charge is 0.00465 e. The summed E-state index contributed by atoms with van der Waals surface area (Å²) >= 11 is 0. The molecule has 2 rings (SSSR count). The van der Waals surface area contributed by atoms with Gasteiger partial charge in [0.15, 0.2) is 0 Å². The van der Waals surface area contributed by atoms with Crippen molar-refractivity contribution in [2.75, 3.05) is 13.1 Å².